The number of cyclic esters (lactones) is 2. The van der Waals surface area contributed by atoms with Gasteiger partial charge in [-0.15, -0.1) is 0 Å². The number of alkyl halides is 5. The van der Waals surface area contributed by atoms with E-state index in [1.807, 2.05) is 0 Å². The van der Waals surface area contributed by atoms with E-state index in [1.165, 1.54) is 0 Å². The van der Waals surface area contributed by atoms with Crippen LogP contribution in [-0.2, 0) is 14.2 Å². The summed E-state index contributed by atoms with van der Waals surface area (Å²) >= 11 is 3.83. The fourth-order valence-electron chi connectivity index (χ4n) is 1.05. The van der Waals surface area contributed by atoms with E-state index in [-0.39, 0.29) is 0 Å². The molecule has 104 valence electrons. The summed E-state index contributed by atoms with van der Waals surface area (Å²) in [6.45, 7) is -2.92. The highest BCUT2D eigenvalue weighted by Gasteiger charge is 2.76. The number of hydrogen-bond donors (Lipinski definition) is 0. The molecule has 11 heteroatoms. The van der Waals surface area contributed by atoms with Gasteiger partial charge in [-0.25, -0.2) is 4.79 Å². The Balaban J connectivity index is 3.05. The maximum atomic E-state index is 13.1. The zero-order chi connectivity index (χ0) is 14.2. The summed E-state index contributed by atoms with van der Waals surface area (Å²) in [6.07, 6.45) is -7.87. The summed E-state index contributed by atoms with van der Waals surface area (Å²) in [4.78, 5) is 10.5. The zero-order valence-corrected chi connectivity index (χ0v) is 9.04. The lowest BCUT2D eigenvalue weighted by Gasteiger charge is -2.33. The predicted molar refractivity (Wildman–Crippen MR) is 45.8 cm³/mol. The van der Waals surface area contributed by atoms with Gasteiger partial charge in [-0.1, -0.05) is 0 Å². The van der Waals surface area contributed by atoms with Crippen LogP contribution in [0.5, 0.6) is 0 Å². The molecule has 4 nitrogen and oxygen atoms in total. The molecule has 0 bridgehead atoms. The minimum atomic E-state index is -6.08. The fourth-order valence-corrected chi connectivity index (χ4v) is 1.11. The van der Waals surface area contributed by atoms with Crippen LogP contribution in [0.3, 0.4) is 0 Å². The van der Waals surface area contributed by atoms with Crippen molar-refractivity contribution < 1.29 is 45.3 Å². The lowest BCUT2D eigenvalue weighted by Crippen LogP contribution is -2.60. The quantitative estimate of drug-likeness (QED) is 0.345. The van der Waals surface area contributed by atoms with Crippen molar-refractivity contribution in [2.24, 2.45) is 0 Å². The van der Waals surface area contributed by atoms with E-state index in [4.69, 9.17) is 0 Å². The van der Waals surface area contributed by atoms with Crippen LogP contribution in [0.4, 0.5) is 31.1 Å². The number of halogens is 6. The Bertz CT molecular complexity index is 369. The molecule has 1 aliphatic heterocycles. The van der Waals surface area contributed by atoms with E-state index < -0.39 is 42.4 Å². The molecule has 1 heterocycles. The number of carbonyl (C=O) groups excluding carboxylic acids is 1. The maximum absolute atomic E-state index is 13.1. The molecule has 1 rings (SSSR count). The highest BCUT2D eigenvalue weighted by molar-refractivity contribution is 7.80. The first-order chi connectivity index (χ1) is 8.02. The lowest BCUT2D eigenvalue weighted by molar-refractivity contribution is -0.391. The molecule has 1 fully saturated rings. The van der Waals surface area contributed by atoms with Gasteiger partial charge in [0.2, 0.25) is 0 Å². The standard InChI is InChI=1S/C7H4F6O4S/c8-3(18)1-16-5(2-15-4(14)17-5)6(9,10)7(11,12)13/h1-2H2. The first-order valence-corrected chi connectivity index (χ1v) is 4.55. The van der Waals surface area contributed by atoms with Crippen LogP contribution in [0.15, 0.2) is 0 Å². The third kappa shape index (κ3) is 2.51. The number of thiocarbonyl (C=S) groups is 1. The minimum Gasteiger partial charge on any atom is -0.427 e. The molecule has 0 spiro atoms. The van der Waals surface area contributed by atoms with E-state index in [2.05, 4.69) is 26.4 Å². The van der Waals surface area contributed by atoms with Gasteiger partial charge in [0.15, 0.2) is 11.7 Å². The molecule has 1 saturated heterocycles. The Morgan fingerprint density at radius 3 is 2.28 bits per heavy atom. The van der Waals surface area contributed by atoms with Crippen molar-refractivity contribution in [2.75, 3.05) is 13.2 Å². The van der Waals surface area contributed by atoms with Gasteiger partial charge < -0.3 is 14.2 Å². The van der Waals surface area contributed by atoms with E-state index in [0.717, 1.165) is 0 Å². The Morgan fingerprint density at radius 2 is 1.94 bits per heavy atom. The molecule has 0 saturated carbocycles. The van der Waals surface area contributed by atoms with Crippen LogP contribution in [-0.4, -0.2) is 42.4 Å². The number of ether oxygens (including phenoxy) is 3. The Morgan fingerprint density at radius 1 is 1.39 bits per heavy atom. The smallest absolute Gasteiger partial charge is 0.427 e. The Labute approximate surface area is 101 Å². The molecule has 0 aromatic heterocycles. The second-order valence-corrected chi connectivity index (χ2v) is 3.55. The van der Waals surface area contributed by atoms with Gasteiger partial charge in [0.1, 0.15) is 6.61 Å². The van der Waals surface area contributed by atoms with Crippen molar-refractivity contribution in [1.29, 1.82) is 0 Å². The van der Waals surface area contributed by atoms with Crippen molar-refractivity contribution in [1.82, 2.24) is 0 Å². The molecule has 0 aromatic rings. The highest BCUT2D eigenvalue weighted by atomic mass is 32.1. The first kappa shape index (κ1) is 15.0. The Hall–Kier alpha value is -1.10. The second-order valence-electron chi connectivity index (χ2n) is 3.11. The van der Waals surface area contributed by atoms with E-state index in [9.17, 15) is 31.1 Å². The molecule has 1 aliphatic rings. The van der Waals surface area contributed by atoms with Crippen LogP contribution >= 0.6 is 12.2 Å². The summed E-state index contributed by atoms with van der Waals surface area (Å²) in [7, 11) is 0. The average Bonchev–Trinajstić information content (AvgIpc) is 2.57. The third-order valence-electron chi connectivity index (χ3n) is 1.88. The van der Waals surface area contributed by atoms with Crippen molar-refractivity contribution in [3.8, 4) is 0 Å². The van der Waals surface area contributed by atoms with Crippen LogP contribution in [0.25, 0.3) is 0 Å². The summed E-state index contributed by atoms with van der Waals surface area (Å²) in [6, 6.07) is 0. The Kier molecular flexibility index (Phi) is 3.77. The minimum absolute atomic E-state index is 1.38. The monoisotopic (exact) mass is 298 g/mol. The molecule has 0 amide bonds. The zero-order valence-electron chi connectivity index (χ0n) is 8.22. The van der Waals surface area contributed by atoms with Crippen molar-refractivity contribution in [3.05, 3.63) is 0 Å². The van der Waals surface area contributed by atoms with Crippen LogP contribution in [0.1, 0.15) is 0 Å². The molecule has 1 atom stereocenters. The SMILES string of the molecule is O=C1OCC(OCC(F)=S)(C(F)(F)C(F)(F)F)O1. The number of hydrogen-bond acceptors (Lipinski definition) is 5. The lowest BCUT2D eigenvalue weighted by atomic mass is 10.1. The van der Waals surface area contributed by atoms with Gasteiger partial charge in [0.05, 0.1) is 0 Å². The summed E-state index contributed by atoms with van der Waals surface area (Å²) < 4.78 is 86.5. The van der Waals surface area contributed by atoms with Gasteiger partial charge in [-0.3, -0.25) is 0 Å². The van der Waals surface area contributed by atoms with E-state index in [0.29, 0.717) is 0 Å². The molecule has 0 radical (unpaired) electrons. The van der Waals surface area contributed by atoms with E-state index >= 15 is 0 Å². The van der Waals surface area contributed by atoms with Crippen LogP contribution < -0.4 is 0 Å². The number of carbonyl (C=O) groups is 1. The van der Waals surface area contributed by atoms with Gasteiger partial charge in [-0.2, -0.15) is 26.3 Å². The topological polar surface area (TPSA) is 44.8 Å². The van der Waals surface area contributed by atoms with Crippen LogP contribution in [0, 0.1) is 0 Å². The molecule has 1 unspecified atom stereocenters. The largest absolute Gasteiger partial charge is 0.511 e. The van der Waals surface area contributed by atoms with Gasteiger partial charge >= 0.3 is 24.0 Å². The van der Waals surface area contributed by atoms with Crippen molar-refractivity contribution >= 4 is 23.5 Å². The van der Waals surface area contributed by atoms with Crippen LogP contribution in [0.2, 0.25) is 0 Å². The normalized spacial score (nSPS) is 24.7. The second kappa shape index (κ2) is 4.53. The van der Waals surface area contributed by atoms with Crippen molar-refractivity contribution in [3.63, 3.8) is 0 Å². The molecule has 18 heavy (non-hydrogen) atoms. The van der Waals surface area contributed by atoms with Gasteiger partial charge in [-0.05, 0) is 12.2 Å². The first-order valence-electron chi connectivity index (χ1n) is 4.14. The summed E-state index contributed by atoms with van der Waals surface area (Å²) in [5, 5.41) is -1.49. The fraction of sp³-hybridized carbons (Fsp3) is 0.714. The molecule has 0 aromatic carbocycles. The molecule has 0 N–H and O–H groups in total. The average molecular weight is 298 g/mol. The third-order valence-corrected chi connectivity index (χ3v) is 2.00. The predicted octanol–water partition coefficient (Wildman–Crippen LogP) is 2.36. The summed E-state index contributed by atoms with van der Waals surface area (Å²) in [5.41, 5.74) is 0. The van der Waals surface area contributed by atoms with Gasteiger partial charge in [0, 0.05) is 0 Å². The van der Waals surface area contributed by atoms with E-state index in [1.54, 1.807) is 0 Å². The number of rotatable bonds is 4. The van der Waals surface area contributed by atoms with Crippen molar-refractivity contribution in [2.45, 2.75) is 17.9 Å². The highest BCUT2D eigenvalue weighted by Crippen LogP contribution is 2.48. The maximum Gasteiger partial charge on any atom is 0.511 e. The molecule has 0 aliphatic carbocycles. The van der Waals surface area contributed by atoms with Gasteiger partial charge in [0.25, 0.3) is 0 Å². The summed E-state index contributed by atoms with van der Waals surface area (Å²) in [5.74, 6) is -9.37. The molecular formula is C7H4F6O4S. The molecular weight excluding hydrogens is 294 g/mol.